The largest absolute Gasteiger partial charge is 0.284 e. The number of primary sulfonamides is 1. The Balaban J connectivity index is 1.60. The lowest BCUT2D eigenvalue weighted by Crippen LogP contribution is -2.42. The van der Waals surface area contributed by atoms with Gasteiger partial charge in [-0.2, -0.15) is 5.26 Å². The van der Waals surface area contributed by atoms with E-state index in [1.807, 2.05) is 6.07 Å². The maximum Gasteiger partial charge on any atom is 0.260 e. The van der Waals surface area contributed by atoms with E-state index in [2.05, 4.69) is 15.0 Å². The molecule has 0 spiro atoms. The predicted molar refractivity (Wildman–Crippen MR) is 137 cm³/mol. The summed E-state index contributed by atoms with van der Waals surface area (Å²) in [6.45, 7) is 1.62. The van der Waals surface area contributed by atoms with E-state index in [-0.39, 0.29) is 23.1 Å². The van der Waals surface area contributed by atoms with Crippen LogP contribution in [0.5, 0.6) is 0 Å². The molecule has 1 aliphatic rings. The number of nitrogens with two attached hydrogens (primary N) is 1. The van der Waals surface area contributed by atoms with E-state index in [4.69, 9.17) is 28.3 Å². The summed E-state index contributed by atoms with van der Waals surface area (Å²) in [6, 6.07) is 13.8. The van der Waals surface area contributed by atoms with Gasteiger partial charge in [-0.1, -0.05) is 47.5 Å². The molecule has 4 aromatic rings. The molecule has 0 radical (unpaired) electrons. The first kappa shape index (κ1) is 24.9. The van der Waals surface area contributed by atoms with Gasteiger partial charge in [0, 0.05) is 28.2 Å². The SMILES string of the molecule is C[C@@]1(Cc2ccc(-c3cncnc3C#N)cc2)C(=O)N(c2cc(Cl)cc(Cl)c2)c2ncc(S(N)(=O)=O)n21. The van der Waals surface area contributed by atoms with Crippen LogP contribution in [0, 0.1) is 11.3 Å². The van der Waals surface area contributed by atoms with Crippen LogP contribution in [0.2, 0.25) is 10.0 Å². The molecule has 2 aromatic carbocycles. The molecule has 1 atom stereocenters. The lowest BCUT2D eigenvalue weighted by Gasteiger charge is -2.26. The molecule has 1 aliphatic heterocycles. The monoisotopic (exact) mass is 553 g/mol. The smallest absolute Gasteiger partial charge is 0.260 e. The Bertz CT molecular complexity index is 1690. The Labute approximate surface area is 222 Å². The van der Waals surface area contributed by atoms with Crippen LogP contribution in [0.4, 0.5) is 11.6 Å². The molecule has 0 bridgehead atoms. The molecule has 0 unspecified atom stereocenters. The molecule has 186 valence electrons. The molecule has 0 saturated carbocycles. The van der Waals surface area contributed by atoms with Crippen LogP contribution in [0.15, 0.2) is 66.2 Å². The number of imidazole rings is 1. The summed E-state index contributed by atoms with van der Waals surface area (Å²) < 4.78 is 26.2. The maximum atomic E-state index is 13.9. The van der Waals surface area contributed by atoms with Crippen molar-refractivity contribution in [2.45, 2.75) is 23.9 Å². The molecule has 2 aromatic heterocycles. The summed E-state index contributed by atoms with van der Waals surface area (Å²) >= 11 is 12.3. The number of carbonyl (C=O) groups excluding carboxylic acids is 1. The Morgan fingerprint density at radius 3 is 2.38 bits per heavy atom. The zero-order valence-electron chi connectivity index (χ0n) is 19.1. The van der Waals surface area contributed by atoms with E-state index < -0.39 is 21.5 Å². The fraction of sp³-hybridized carbons (Fsp3) is 0.125. The van der Waals surface area contributed by atoms with Crippen LogP contribution in [0.25, 0.3) is 11.1 Å². The van der Waals surface area contributed by atoms with Gasteiger partial charge in [0.1, 0.15) is 17.9 Å². The molecule has 0 aliphatic carbocycles. The number of nitrogens with zero attached hydrogens (tertiary/aromatic N) is 6. The number of hydrogen-bond acceptors (Lipinski definition) is 7. The zero-order chi connectivity index (χ0) is 26.5. The van der Waals surface area contributed by atoms with E-state index in [9.17, 15) is 18.5 Å². The summed E-state index contributed by atoms with van der Waals surface area (Å²) in [7, 11) is -4.22. The first-order chi connectivity index (χ1) is 17.5. The molecule has 3 heterocycles. The van der Waals surface area contributed by atoms with Crippen LogP contribution in [0.1, 0.15) is 18.2 Å². The number of rotatable bonds is 5. The number of nitriles is 1. The topological polar surface area (TPSA) is 148 Å². The van der Waals surface area contributed by atoms with Crippen LogP contribution in [-0.2, 0) is 26.8 Å². The normalized spacial score (nSPS) is 17.1. The fourth-order valence-corrected chi connectivity index (χ4v) is 5.71. The number of sulfonamides is 1. The number of benzene rings is 2. The standard InChI is InChI=1S/C24H17Cl2N7O3S/c1-24(9-14-2-4-15(5-3-14)19-11-29-13-31-20(19)10-27)22(34)32(18-7-16(25)6-17(26)8-18)23-30-12-21(33(23)24)37(28,35)36/h2-8,11-13H,9H2,1H3,(H2,28,35,36)/t24-/m1/s1. The van der Waals surface area contributed by atoms with Gasteiger partial charge in [0.25, 0.3) is 15.9 Å². The van der Waals surface area contributed by atoms with E-state index in [1.165, 1.54) is 34.0 Å². The third kappa shape index (κ3) is 4.24. The number of aromatic nitrogens is 4. The first-order valence-electron chi connectivity index (χ1n) is 10.7. The zero-order valence-corrected chi connectivity index (χ0v) is 21.5. The van der Waals surface area contributed by atoms with Gasteiger partial charge in [0.15, 0.2) is 10.7 Å². The van der Waals surface area contributed by atoms with Gasteiger partial charge in [-0.3, -0.25) is 9.36 Å². The number of hydrogen-bond donors (Lipinski definition) is 1. The highest BCUT2D eigenvalue weighted by atomic mass is 35.5. The molecule has 2 N–H and O–H groups in total. The van der Waals surface area contributed by atoms with Gasteiger partial charge in [-0.05, 0) is 36.2 Å². The van der Waals surface area contributed by atoms with E-state index in [0.29, 0.717) is 26.9 Å². The summed E-state index contributed by atoms with van der Waals surface area (Å²) in [5.74, 6) is -0.363. The van der Waals surface area contributed by atoms with Crippen LogP contribution in [-0.4, -0.2) is 33.8 Å². The van der Waals surface area contributed by atoms with Gasteiger partial charge in [-0.15, -0.1) is 0 Å². The molecule has 0 saturated heterocycles. The van der Waals surface area contributed by atoms with Crippen LogP contribution < -0.4 is 10.0 Å². The Morgan fingerprint density at radius 1 is 1.08 bits per heavy atom. The average molecular weight is 554 g/mol. The van der Waals surface area contributed by atoms with E-state index >= 15 is 0 Å². The predicted octanol–water partition coefficient (Wildman–Crippen LogP) is 3.80. The number of fused-ring (bicyclic) bond motifs is 1. The quantitative estimate of drug-likeness (QED) is 0.395. The summed E-state index contributed by atoms with van der Waals surface area (Å²) in [5.41, 5.74) is 1.17. The van der Waals surface area contributed by atoms with Crippen molar-refractivity contribution in [2.75, 3.05) is 4.90 Å². The van der Waals surface area contributed by atoms with Gasteiger partial charge in [0.2, 0.25) is 5.95 Å². The first-order valence-corrected chi connectivity index (χ1v) is 13.0. The highest BCUT2D eigenvalue weighted by Crippen LogP contribution is 2.44. The fourth-order valence-electron chi connectivity index (χ4n) is 4.46. The number of amides is 1. The lowest BCUT2D eigenvalue weighted by molar-refractivity contribution is -0.124. The molecule has 0 fully saturated rings. The molecule has 37 heavy (non-hydrogen) atoms. The van der Waals surface area contributed by atoms with E-state index in [0.717, 1.165) is 11.8 Å². The van der Waals surface area contributed by atoms with Crippen LogP contribution in [0.3, 0.4) is 0 Å². The number of halogens is 2. The minimum atomic E-state index is -4.22. The van der Waals surface area contributed by atoms with Gasteiger partial charge in [0.05, 0.1) is 11.9 Å². The number of carbonyl (C=O) groups is 1. The second kappa shape index (κ2) is 8.93. The highest BCUT2D eigenvalue weighted by Gasteiger charge is 2.51. The van der Waals surface area contributed by atoms with Crippen molar-refractivity contribution in [3.8, 4) is 17.2 Å². The minimum Gasteiger partial charge on any atom is -0.284 e. The van der Waals surface area contributed by atoms with Gasteiger partial charge < -0.3 is 0 Å². The van der Waals surface area contributed by atoms with Crippen molar-refractivity contribution >= 4 is 50.8 Å². The summed E-state index contributed by atoms with van der Waals surface area (Å²) in [5, 5.41) is 15.1. The second-order valence-electron chi connectivity index (χ2n) is 8.59. The summed E-state index contributed by atoms with van der Waals surface area (Å²) in [6.07, 6.45) is 4.08. The van der Waals surface area contributed by atoms with Crippen molar-refractivity contribution in [2.24, 2.45) is 5.14 Å². The Kier molecular flexibility index (Phi) is 6.00. The minimum absolute atomic E-state index is 0.0755. The molecule has 13 heteroatoms. The van der Waals surface area contributed by atoms with Gasteiger partial charge >= 0.3 is 0 Å². The molecular formula is C24H17Cl2N7O3S. The molecule has 1 amide bonds. The average Bonchev–Trinajstić information content (AvgIpc) is 3.37. The van der Waals surface area contributed by atoms with Crippen molar-refractivity contribution in [1.29, 1.82) is 5.26 Å². The van der Waals surface area contributed by atoms with Gasteiger partial charge in [-0.25, -0.2) is 33.4 Å². The number of anilines is 2. The van der Waals surface area contributed by atoms with Crippen LogP contribution >= 0.6 is 23.2 Å². The third-order valence-corrected chi connectivity index (χ3v) is 7.40. The molecule has 5 rings (SSSR count). The lowest BCUT2D eigenvalue weighted by atomic mass is 9.91. The second-order valence-corrected chi connectivity index (χ2v) is 11.0. The maximum absolute atomic E-state index is 13.9. The van der Waals surface area contributed by atoms with Crippen molar-refractivity contribution < 1.29 is 13.2 Å². The third-order valence-electron chi connectivity index (χ3n) is 6.10. The van der Waals surface area contributed by atoms with E-state index in [1.54, 1.807) is 37.4 Å². The van der Waals surface area contributed by atoms with Crippen molar-refractivity contribution in [1.82, 2.24) is 19.5 Å². The summed E-state index contributed by atoms with van der Waals surface area (Å²) in [4.78, 5) is 27.4. The molecular weight excluding hydrogens is 537 g/mol. The Hall–Kier alpha value is -3.82. The molecule has 10 nitrogen and oxygen atoms in total. The van der Waals surface area contributed by atoms with Crippen molar-refractivity contribution in [3.63, 3.8) is 0 Å². The Morgan fingerprint density at radius 2 is 1.76 bits per heavy atom. The highest BCUT2D eigenvalue weighted by molar-refractivity contribution is 7.89. The van der Waals surface area contributed by atoms with Crippen molar-refractivity contribution in [3.05, 3.63) is 82.5 Å².